The summed E-state index contributed by atoms with van der Waals surface area (Å²) >= 11 is 0. The Morgan fingerprint density at radius 1 is 0.871 bits per heavy atom. The highest BCUT2D eigenvalue weighted by molar-refractivity contribution is 5.75. The Morgan fingerprint density at radius 2 is 1.29 bits per heavy atom. The van der Waals surface area contributed by atoms with Crippen LogP contribution < -0.4 is 0 Å². The lowest BCUT2D eigenvalue weighted by molar-refractivity contribution is -0.149. The van der Waals surface area contributed by atoms with E-state index in [9.17, 15) is 9.90 Å². The number of aliphatic hydroxyl groups is 1. The maximum atomic E-state index is 12.3. The number of cyclic esters (lactones) is 1. The molecule has 0 spiro atoms. The minimum absolute atomic E-state index is 0.146. The Hall–Kier alpha value is -2.95. The van der Waals surface area contributed by atoms with Gasteiger partial charge in [0.2, 0.25) is 0 Å². The van der Waals surface area contributed by atoms with Gasteiger partial charge in [0.25, 0.3) is 0 Å². The largest absolute Gasteiger partial charge is 0.459 e. The van der Waals surface area contributed by atoms with Gasteiger partial charge in [0.1, 0.15) is 11.7 Å². The van der Waals surface area contributed by atoms with Crippen LogP contribution in [0.1, 0.15) is 30.5 Å². The molecular formula is C27H28O4. The van der Waals surface area contributed by atoms with Crippen molar-refractivity contribution in [3.8, 4) is 0 Å². The number of esters is 1. The van der Waals surface area contributed by atoms with Gasteiger partial charge in [-0.3, -0.25) is 4.79 Å². The molecule has 4 rings (SSSR count). The molecule has 1 aliphatic heterocycles. The molecule has 0 saturated carbocycles. The third-order valence-electron chi connectivity index (χ3n) is 6.22. The minimum Gasteiger partial charge on any atom is -0.459 e. The van der Waals surface area contributed by atoms with Crippen LogP contribution in [0.3, 0.4) is 0 Å². The molecule has 1 unspecified atom stereocenters. The third-order valence-corrected chi connectivity index (χ3v) is 6.22. The molecule has 4 heteroatoms. The van der Waals surface area contributed by atoms with Crippen molar-refractivity contribution >= 4 is 5.97 Å². The average Bonchev–Trinajstić information content (AvgIpc) is 3.09. The van der Waals surface area contributed by atoms with Crippen LogP contribution in [0.2, 0.25) is 0 Å². The van der Waals surface area contributed by atoms with E-state index in [2.05, 4.69) is 36.4 Å². The van der Waals surface area contributed by atoms with Crippen LogP contribution >= 0.6 is 0 Å². The molecule has 1 saturated heterocycles. The van der Waals surface area contributed by atoms with Gasteiger partial charge in [-0.2, -0.15) is 0 Å². The molecule has 1 fully saturated rings. The van der Waals surface area contributed by atoms with Crippen molar-refractivity contribution in [1.82, 2.24) is 0 Å². The molecular weight excluding hydrogens is 388 g/mol. The maximum Gasteiger partial charge on any atom is 0.312 e. The smallest absolute Gasteiger partial charge is 0.312 e. The highest BCUT2D eigenvalue weighted by atomic mass is 16.6. The van der Waals surface area contributed by atoms with Gasteiger partial charge < -0.3 is 14.6 Å². The molecule has 1 aliphatic rings. The zero-order valence-electron chi connectivity index (χ0n) is 17.8. The van der Waals surface area contributed by atoms with E-state index in [1.54, 1.807) is 6.92 Å². The summed E-state index contributed by atoms with van der Waals surface area (Å²) in [5, 5.41) is 10.0. The number of hydrogen-bond acceptors (Lipinski definition) is 4. The Morgan fingerprint density at radius 3 is 1.65 bits per heavy atom. The second-order valence-corrected chi connectivity index (χ2v) is 8.19. The number of rotatable bonds is 7. The summed E-state index contributed by atoms with van der Waals surface area (Å²) in [7, 11) is 0. The standard InChI is InChI=1S/C27H28O4/c1-19-24(31-26(29)25(19)20(2)28)18-30-27(21-12-6-3-7-13-21,22-14-8-4-9-15-22)23-16-10-5-11-17-23/h3-17,19-20,24-25,28H,18H2,1-2H3/t19-,20?,24-,25-/m1/s1. The first kappa shape index (κ1) is 21.3. The zero-order chi connectivity index (χ0) is 21.8. The molecule has 4 nitrogen and oxygen atoms in total. The lowest BCUT2D eigenvalue weighted by Crippen LogP contribution is -2.37. The molecule has 1 heterocycles. The Kier molecular flexibility index (Phi) is 6.21. The molecule has 0 amide bonds. The van der Waals surface area contributed by atoms with Crippen molar-refractivity contribution in [2.45, 2.75) is 31.7 Å². The van der Waals surface area contributed by atoms with Gasteiger partial charge in [-0.25, -0.2) is 0 Å². The Labute approximate surface area is 183 Å². The Balaban J connectivity index is 1.77. The molecule has 3 aromatic carbocycles. The molecule has 31 heavy (non-hydrogen) atoms. The van der Waals surface area contributed by atoms with Crippen LogP contribution in [0.25, 0.3) is 0 Å². The molecule has 160 valence electrons. The van der Waals surface area contributed by atoms with Gasteiger partial charge in [-0.05, 0) is 23.6 Å². The minimum atomic E-state index is -0.862. The van der Waals surface area contributed by atoms with Gasteiger partial charge >= 0.3 is 5.97 Å². The van der Waals surface area contributed by atoms with E-state index >= 15 is 0 Å². The highest BCUT2D eigenvalue weighted by Crippen LogP contribution is 2.41. The van der Waals surface area contributed by atoms with Crippen molar-refractivity contribution in [2.24, 2.45) is 11.8 Å². The first-order valence-electron chi connectivity index (χ1n) is 10.7. The van der Waals surface area contributed by atoms with Crippen molar-refractivity contribution in [2.75, 3.05) is 6.61 Å². The normalized spacial score (nSPS) is 22.2. The van der Waals surface area contributed by atoms with E-state index in [-0.39, 0.29) is 18.5 Å². The lowest BCUT2D eigenvalue weighted by atomic mass is 9.80. The van der Waals surface area contributed by atoms with E-state index < -0.39 is 23.7 Å². The van der Waals surface area contributed by atoms with Crippen molar-refractivity contribution < 1.29 is 19.4 Å². The summed E-state index contributed by atoms with van der Waals surface area (Å²) in [6.45, 7) is 3.79. The summed E-state index contributed by atoms with van der Waals surface area (Å²) in [6.07, 6.45) is -1.18. The number of aliphatic hydroxyl groups excluding tert-OH is 1. The van der Waals surface area contributed by atoms with Gasteiger partial charge in [0.15, 0.2) is 0 Å². The molecule has 0 aromatic heterocycles. The SMILES string of the molecule is CC(O)[C@@H]1C(=O)O[C@H](COC(c2ccccc2)(c2ccccc2)c2ccccc2)[C@H]1C. The lowest BCUT2D eigenvalue weighted by Gasteiger charge is -2.37. The quantitative estimate of drug-likeness (QED) is 0.453. The number of hydrogen-bond donors (Lipinski definition) is 1. The van der Waals surface area contributed by atoms with Crippen molar-refractivity contribution in [3.63, 3.8) is 0 Å². The summed E-state index contributed by atoms with van der Waals surface area (Å²) in [6, 6.07) is 30.3. The average molecular weight is 417 g/mol. The predicted molar refractivity (Wildman–Crippen MR) is 119 cm³/mol. The highest BCUT2D eigenvalue weighted by Gasteiger charge is 2.46. The molecule has 0 bridgehead atoms. The van der Waals surface area contributed by atoms with Crippen LogP contribution in [0.5, 0.6) is 0 Å². The summed E-state index contributed by atoms with van der Waals surface area (Å²) in [4.78, 5) is 12.3. The summed E-state index contributed by atoms with van der Waals surface area (Å²) in [5.74, 6) is -1.04. The molecule has 4 atom stereocenters. The zero-order valence-corrected chi connectivity index (χ0v) is 17.8. The number of ether oxygens (including phenoxy) is 2. The first-order chi connectivity index (χ1) is 15.0. The van der Waals surface area contributed by atoms with E-state index in [1.807, 2.05) is 61.5 Å². The second-order valence-electron chi connectivity index (χ2n) is 8.19. The number of carbonyl (C=O) groups is 1. The third kappa shape index (κ3) is 4.01. The predicted octanol–water partition coefficient (Wildman–Crippen LogP) is 4.55. The van der Waals surface area contributed by atoms with E-state index in [1.165, 1.54) is 0 Å². The fraction of sp³-hybridized carbons (Fsp3) is 0.296. The fourth-order valence-corrected chi connectivity index (χ4v) is 4.58. The monoisotopic (exact) mass is 416 g/mol. The van der Waals surface area contributed by atoms with Crippen LogP contribution in [0, 0.1) is 11.8 Å². The van der Waals surface area contributed by atoms with Crippen LogP contribution in [-0.2, 0) is 19.9 Å². The topological polar surface area (TPSA) is 55.8 Å². The summed E-state index contributed by atoms with van der Waals surface area (Å²) in [5.41, 5.74) is 2.13. The van der Waals surface area contributed by atoms with E-state index in [0.717, 1.165) is 16.7 Å². The fourth-order valence-electron chi connectivity index (χ4n) is 4.58. The van der Waals surface area contributed by atoms with Gasteiger partial charge in [0.05, 0.1) is 18.6 Å². The van der Waals surface area contributed by atoms with Crippen molar-refractivity contribution in [1.29, 1.82) is 0 Å². The van der Waals surface area contributed by atoms with Crippen molar-refractivity contribution in [3.05, 3.63) is 108 Å². The molecule has 1 N–H and O–H groups in total. The molecule has 3 aromatic rings. The van der Waals surface area contributed by atoms with Crippen LogP contribution in [0.4, 0.5) is 0 Å². The van der Waals surface area contributed by atoms with Crippen LogP contribution in [-0.4, -0.2) is 29.9 Å². The van der Waals surface area contributed by atoms with Gasteiger partial charge in [0, 0.05) is 5.92 Å². The first-order valence-corrected chi connectivity index (χ1v) is 10.7. The Bertz CT molecular complexity index is 889. The maximum absolute atomic E-state index is 12.3. The van der Waals surface area contributed by atoms with E-state index in [4.69, 9.17) is 9.47 Å². The number of benzene rings is 3. The van der Waals surface area contributed by atoms with E-state index in [0.29, 0.717) is 0 Å². The number of carbonyl (C=O) groups excluding carboxylic acids is 1. The molecule has 0 aliphatic carbocycles. The van der Waals surface area contributed by atoms with Gasteiger partial charge in [-0.1, -0.05) is 97.9 Å². The van der Waals surface area contributed by atoms with Crippen LogP contribution in [0.15, 0.2) is 91.0 Å². The molecule has 0 radical (unpaired) electrons. The summed E-state index contributed by atoms with van der Waals surface area (Å²) < 4.78 is 12.4. The second kappa shape index (κ2) is 9.04. The van der Waals surface area contributed by atoms with Gasteiger partial charge in [-0.15, -0.1) is 0 Å².